The standard InChI is InChI=1S/C18H21N5O.HI/c1-19-18(21-12-14-7-5-6-10-20-14)22-15-11-17(24)23(13-15)16-8-3-2-4-9-16;/h2-10,15H,11-13H2,1H3,(H2,19,21,22);1H. The molecule has 1 aliphatic rings. The van der Waals surface area contributed by atoms with E-state index in [2.05, 4.69) is 20.6 Å². The Kier molecular flexibility index (Phi) is 7.17. The molecule has 1 atom stereocenters. The number of aliphatic imine (C=N–C) groups is 1. The molecular formula is C18H22IN5O. The summed E-state index contributed by atoms with van der Waals surface area (Å²) in [6.45, 7) is 1.22. The van der Waals surface area contributed by atoms with Gasteiger partial charge in [0.05, 0.1) is 18.3 Å². The van der Waals surface area contributed by atoms with Crippen molar-refractivity contribution in [2.24, 2.45) is 4.99 Å². The number of para-hydroxylation sites is 1. The summed E-state index contributed by atoms with van der Waals surface area (Å²) in [6.07, 6.45) is 2.22. The van der Waals surface area contributed by atoms with Crippen molar-refractivity contribution in [3.8, 4) is 0 Å². The van der Waals surface area contributed by atoms with Crippen LogP contribution in [0.25, 0.3) is 0 Å². The van der Waals surface area contributed by atoms with E-state index in [1.54, 1.807) is 13.2 Å². The van der Waals surface area contributed by atoms with Crippen molar-refractivity contribution in [2.45, 2.75) is 19.0 Å². The van der Waals surface area contributed by atoms with Gasteiger partial charge in [-0.05, 0) is 24.3 Å². The Morgan fingerprint density at radius 2 is 2.00 bits per heavy atom. The van der Waals surface area contributed by atoms with Crippen LogP contribution in [0, 0.1) is 0 Å². The van der Waals surface area contributed by atoms with Crippen molar-refractivity contribution in [1.29, 1.82) is 0 Å². The predicted molar refractivity (Wildman–Crippen MR) is 110 cm³/mol. The number of hydrogen-bond acceptors (Lipinski definition) is 3. The van der Waals surface area contributed by atoms with Crippen molar-refractivity contribution in [3.05, 3.63) is 60.4 Å². The maximum Gasteiger partial charge on any atom is 0.229 e. The number of hydrogen-bond donors (Lipinski definition) is 2. The number of anilines is 1. The van der Waals surface area contributed by atoms with Crippen molar-refractivity contribution in [1.82, 2.24) is 15.6 Å². The molecule has 1 unspecified atom stereocenters. The Balaban J connectivity index is 0.00000225. The van der Waals surface area contributed by atoms with Crippen LogP contribution in [0.5, 0.6) is 0 Å². The van der Waals surface area contributed by atoms with Crippen molar-refractivity contribution in [2.75, 3.05) is 18.5 Å². The number of nitrogens with one attached hydrogen (secondary N) is 2. The zero-order valence-electron chi connectivity index (χ0n) is 14.1. The molecule has 0 bridgehead atoms. The molecule has 0 aliphatic carbocycles. The van der Waals surface area contributed by atoms with Crippen molar-refractivity contribution < 1.29 is 4.79 Å². The van der Waals surface area contributed by atoms with Crippen LogP contribution in [0.1, 0.15) is 12.1 Å². The van der Waals surface area contributed by atoms with Crippen LogP contribution in [-0.4, -0.2) is 36.5 Å². The molecule has 132 valence electrons. The molecule has 0 radical (unpaired) electrons. The average molecular weight is 451 g/mol. The highest BCUT2D eigenvalue weighted by Crippen LogP contribution is 2.20. The molecule has 1 fully saturated rings. The van der Waals surface area contributed by atoms with Crippen LogP contribution in [0.2, 0.25) is 0 Å². The van der Waals surface area contributed by atoms with Gasteiger partial charge in [-0.3, -0.25) is 14.8 Å². The minimum atomic E-state index is 0. The molecule has 2 aromatic rings. The first-order chi connectivity index (χ1) is 11.8. The largest absolute Gasteiger partial charge is 0.351 e. The summed E-state index contributed by atoms with van der Waals surface area (Å²) in [6, 6.07) is 15.6. The van der Waals surface area contributed by atoms with E-state index in [1.807, 2.05) is 53.4 Å². The molecule has 7 heteroatoms. The van der Waals surface area contributed by atoms with Gasteiger partial charge in [-0.25, -0.2) is 0 Å². The lowest BCUT2D eigenvalue weighted by molar-refractivity contribution is -0.117. The van der Waals surface area contributed by atoms with Gasteiger partial charge in [0.1, 0.15) is 0 Å². The molecule has 0 spiro atoms. The van der Waals surface area contributed by atoms with Crippen molar-refractivity contribution >= 4 is 41.5 Å². The Morgan fingerprint density at radius 3 is 2.68 bits per heavy atom. The number of carbonyl (C=O) groups excluding carboxylic acids is 1. The minimum absolute atomic E-state index is 0. The second kappa shape index (κ2) is 9.36. The molecule has 1 amide bonds. The minimum Gasteiger partial charge on any atom is -0.351 e. The summed E-state index contributed by atoms with van der Waals surface area (Å²) in [4.78, 5) is 22.6. The van der Waals surface area contributed by atoms with Gasteiger partial charge in [-0.1, -0.05) is 24.3 Å². The summed E-state index contributed by atoms with van der Waals surface area (Å²) in [5.41, 5.74) is 1.87. The quantitative estimate of drug-likeness (QED) is 0.425. The van der Waals surface area contributed by atoms with Crippen LogP contribution in [0.3, 0.4) is 0 Å². The molecule has 6 nitrogen and oxygen atoms in total. The monoisotopic (exact) mass is 451 g/mol. The van der Waals surface area contributed by atoms with Crippen LogP contribution in [0.4, 0.5) is 5.69 Å². The Bertz CT molecular complexity index is 708. The second-order valence-corrected chi connectivity index (χ2v) is 5.63. The number of halogens is 1. The highest BCUT2D eigenvalue weighted by molar-refractivity contribution is 14.0. The lowest BCUT2D eigenvalue weighted by atomic mass is 10.2. The van der Waals surface area contributed by atoms with Crippen LogP contribution >= 0.6 is 24.0 Å². The maximum atomic E-state index is 12.2. The molecule has 25 heavy (non-hydrogen) atoms. The first kappa shape index (κ1) is 19.2. The lowest BCUT2D eigenvalue weighted by Crippen LogP contribution is -2.44. The summed E-state index contributed by atoms with van der Waals surface area (Å²) >= 11 is 0. The van der Waals surface area contributed by atoms with Gasteiger partial charge in [-0.15, -0.1) is 24.0 Å². The number of pyridine rings is 1. The van der Waals surface area contributed by atoms with Gasteiger partial charge in [0, 0.05) is 31.9 Å². The predicted octanol–water partition coefficient (Wildman–Crippen LogP) is 2.17. The number of rotatable bonds is 4. The number of carbonyl (C=O) groups is 1. The zero-order chi connectivity index (χ0) is 16.8. The topological polar surface area (TPSA) is 69.6 Å². The van der Waals surface area contributed by atoms with E-state index in [9.17, 15) is 4.79 Å². The summed E-state index contributed by atoms with van der Waals surface area (Å²) in [5.74, 6) is 0.798. The Hall–Kier alpha value is -2.16. The summed E-state index contributed by atoms with van der Waals surface area (Å²) in [5, 5.41) is 6.54. The van der Waals surface area contributed by atoms with E-state index >= 15 is 0 Å². The van der Waals surface area contributed by atoms with E-state index in [-0.39, 0.29) is 35.9 Å². The molecule has 0 saturated carbocycles. The average Bonchev–Trinajstić information content (AvgIpc) is 3.00. The fourth-order valence-corrected chi connectivity index (χ4v) is 2.73. The number of amides is 1. The molecule has 3 rings (SSSR count). The maximum absolute atomic E-state index is 12.2. The third-order valence-corrected chi connectivity index (χ3v) is 3.92. The van der Waals surface area contributed by atoms with E-state index in [1.165, 1.54) is 0 Å². The van der Waals surface area contributed by atoms with Gasteiger partial charge in [0.25, 0.3) is 0 Å². The number of benzene rings is 1. The Morgan fingerprint density at radius 1 is 1.24 bits per heavy atom. The fraction of sp³-hybridized carbons (Fsp3) is 0.278. The van der Waals surface area contributed by atoms with E-state index in [0.717, 1.165) is 11.4 Å². The Labute approximate surface area is 164 Å². The van der Waals surface area contributed by atoms with E-state index in [0.29, 0.717) is 25.5 Å². The van der Waals surface area contributed by atoms with E-state index in [4.69, 9.17) is 0 Å². The number of nitrogens with zero attached hydrogens (tertiary/aromatic N) is 3. The smallest absolute Gasteiger partial charge is 0.229 e. The van der Waals surface area contributed by atoms with Crippen LogP contribution < -0.4 is 15.5 Å². The number of aromatic nitrogens is 1. The molecular weight excluding hydrogens is 429 g/mol. The fourth-order valence-electron chi connectivity index (χ4n) is 2.73. The first-order valence-electron chi connectivity index (χ1n) is 7.99. The number of guanidine groups is 1. The van der Waals surface area contributed by atoms with Gasteiger partial charge < -0.3 is 15.5 Å². The molecule has 2 heterocycles. The SMILES string of the molecule is CN=C(NCc1ccccn1)NC1CC(=O)N(c2ccccc2)C1.I. The first-order valence-corrected chi connectivity index (χ1v) is 7.99. The van der Waals surface area contributed by atoms with Gasteiger partial charge in [0.2, 0.25) is 5.91 Å². The van der Waals surface area contributed by atoms with Gasteiger partial charge in [0.15, 0.2) is 5.96 Å². The van der Waals surface area contributed by atoms with Crippen LogP contribution in [-0.2, 0) is 11.3 Å². The second-order valence-electron chi connectivity index (χ2n) is 5.63. The third kappa shape index (κ3) is 5.15. The highest BCUT2D eigenvalue weighted by Gasteiger charge is 2.30. The van der Waals surface area contributed by atoms with Crippen LogP contribution in [0.15, 0.2) is 59.7 Å². The molecule has 1 aliphatic heterocycles. The highest BCUT2D eigenvalue weighted by atomic mass is 127. The van der Waals surface area contributed by atoms with Crippen molar-refractivity contribution in [3.63, 3.8) is 0 Å². The molecule has 2 N–H and O–H groups in total. The summed E-state index contributed by atoms with van der Waals surface area (Å²) < 4.78 is 0. The zero-order valence-corrected chi connectivity index (χ0v) is 16.4. The molecule has 1 aromatic heterocycles. The summed E-state index contributed by atoms with van der Waals surface area (Å²) in [7, 11) is 1.72. The van der Waals surface area contributed by atoms with E-state index < -0.39 is 0 Å². The van der Waals surface area contributed by atoms with Gasteiger partial charge >= 0.3 is 0 Å². The van der Waals surface area contributed by atoms with Gasteiger partial charge in [-0.2, -0.15) is 0 Å². The molecule has 1 saturated heterocycles. The lowest BCUT2D eigenvalue weighted by Gasteiger charge is -2.19. The normalized spacial score (nSPS) is 17.2. The molecule has 1 aromatic carbocycles. The third-order valence-electron chi connectivity index (χ3n) is 3.92.